The summed E-state index contributed by atoms with van der Waals surface area (Å²) in [7, 11) is 0. The molecule has 10 heteroatoms. The van der Waals surface area contributed by atoms with Crippen molar-refractivity contribution in [2.24, 2.45) is 5.92 Å². The molecule has 0 radical (unpaired) electrons. The number of carbonyl (C=O) groups excluding carboxylic acids is 2. The third-order valence-electron chi connectivity index (χ3n) is 9.24. The van der Waals surface area contributed by atoms with E-state index in [9.17, 15) is 19.1 Å². The number of piperidine rings is 1. The molecule has 2 bridgehead atoms. The molecule has 7 unspecified atom stereocenters. The predicted molar refractivity (Wildman–Crippen MR) is 130 cm³/mol. The van der Waals surface area contributed by atoms with E-state index < -0.39 is 28.7 Å². The summed E-state index contributed by atoms with van der Waals surface area (Å²) in [6.07, 6.45) is 4.87. The molecule has 8 nitrogen and oxygen atoms in total. The lowest BCUT2D eigenvalue weighted by atomic mass is 9.59. The van der Waals surface area contributed by atoms with Crippen molar-refractivity contribution < 1.29 is 23.8 Å². The zero-order valence-corrected chi connectivity index (χ0v) is 21.4. The first-order valence-corrected chi connectivity index (χ1v) is 13.8. The van der Waals surface area contributed by atoms with Gasteiger partial charge in [0.25, 0.3) is 0 Å². The second-order valence-corrected chi connectivity index (χ2v) is 12.4. The monoisotopic (exact) mass is 514 g/mol. The Kier molecular flexibility index (Phi) is 7.36. The van der Waals surface area contributed by atoms with Gasteiger partial charge in [0.1, 0.15) is 18.8 Å². The van der Waals surface area contributed by atoms with Gasteiger partial charge in [-0.25, -0.2) is 4.39 Å². The Morgan fingerprint density at radius 3 is 2.63 bits per heavy atom. The average molecular weight is 515 g/mol. The lowest BCUT2D eigenvalue weighted by molar-refractivity contribution is -0.140. The highest BCUT2D eigenvalue weighted by Gasteiger charge is 2.56. The van der Waals surface area contributed by atoms with Gasteiger partial charge in [-0.1, -0.05) is 6.92 Å². The van der Waals surface area contributed by atoms with Crippen LogP contribution in [0.1, 0.15) is 71.1 Å². The molecule has 7 atom stereocenters. The standard InChI is InChI=1S/C25H40ClFN4O4/c1-15-2-5-21-28-19(13-31(21)12-15)23(34)30-24-6-8-25(9-7-24,20(32)11-24)29-22(33)14-35-16-3-4-17(26)18(27)10-16/h15-21,28,32H,2-14H2,1H3,(H,29,33)(H,30,34). The number of aliphatic hydroxyl groups is 1. The third-order valence-corrected chi connectivity index (χ3v) is 9.73. The number of nitrogens with zero attached hydrogens (tertiary/aromatic N) is 1. The van der Waals surface area contributed by atoms with Crippen LogP contribution in [0.4, 0.5) is 4.39 Å². The molecule has 35 heavy (non-hydrogen) atoms. The van der Waals surface area contributed by atoms with Crippen LogP contribution in [0.5, 0.6) is 0 Å². The van der Waals surface area contributed by atoms with E-state index in [1.54, 1.807) is 0 Å². The summed E-state index contributed by atoms with van der Waals surface area (Å²) in [5.41, 5.74) is -1.11. The van der Waals surface area contributed by atoms with Crippen molar-refractivity contribution in [3.63, 3.8) is 0 Å². The number of carbonyl (C=O) groups is 2. The highest BCUT2D eigenvalue weighted by molar-refractivity contribution is 6.21. The quantitative estimate of drug-likeness (QED) is 0.401. The molecule has 0 aromatic rings. The largest absolute Gasteiger partial charge is 0.391 e. The van der Waals surface area contributed by atoms with Gasteiger partial charge in [0.15, 0.2) is 0 Å². The van der Waals surface area contributed by atoms with Gasteiger partial charge in [-0.15, -0.1) is 11.6 Å². The van der Waals surface area contributed by atoms with Gasteiger partial charge >= 0.3 is 0 Å². The summed E-state index contributed by atoms with van der Waals surface area (Å²) in [4.78, 5) is 28.2. The number of rotatable bonds is 6. The van der Waals surface area contributed by atoms with Crippen molar-refractivity contribution in [1.29, 1.82) is 0 Å². The lowest BCUT2D eigenvalue weighted by Gasteiger charge is -2.56. The van der Waals surface area contributed by atoms with Gasteiger partial charge in [0.05, 0.1) is 29.3 Å². The molecule has 4 saturated carbocycles. The summed E-state index contributed by atoms with van der Waals surface area (Å²) >= 11 is 5.93. The van der Waals surface area contributed by atoms with Crippen molar-refractivity contribution in [2.75, 3.05) is 19.7 Å². The summed E-state index contributed by atoms with van der Waals surface area (Å²) in [5, 5.41) is 20.4. The summed E-state index contributed by atoms with van der Waals surface area (Å²) in [5.74, 6) is 0.395. The number of alkyl halides is 2. The van der Waals surface area contributed by atoms with E-state index in [0.717, 1.165) is 32.4 Å². The normalized spacial score (nSPS) is 45.7. The maximum Gasteiger partial charge on any atom is 0.246 e. The molecular formula is C25H40ClFN4O4. The topological polar surface area (TPSA) is 103 Å². The van der Waals surface area contributed by atoms with E-state index in [2.05, 4.69) is 27.8 Å². The van der Waals surface area contributed by atoms with E-state index in [-0.39, 0.29) is 43.2 Å². The first kappa shape index (κ1) is 25.6. The van der Waals surface area contributed by atoms with Gasteiger partial charge in [-0.3, -0.25) is 19.8 Å². The van der Waals surface area contributed by atoms with Crippen LogP contribution < -0.4 is 16.0 Å². The van der Waals surface area contributed by atoms with Gasteiger partial charge in [-0.05, 0) is 63.7 Å². The molecule has 4 aliphatic carbocycles. The fourth-order valence-corrected chi connectivity index (χ4v) is 7.25. The molecule has 0 aromatic carbocycles. The summed E-state index contributed by atoms with van der Waals surface area (Å²) < 4.78 is 19.5. The highest BCUT2D eigenvalue weighted by Crippen LogP contribution is 2.47. The van der Waals surface area contributed by atoms with Crippen LogP contribution >= 0.6 is 11.6 Å². The molecule has 2 amide bonds. The van der Waals surface area contributed by atoms with Crippen LogP contribution in [-0.4, -0.2) is 88.6 Å². The van der Waals surface area contributed by atoms with Crippen LogP contribution in [0.3, 0.4) is 0 Å². The molecule has 6 aliphatic rings. The fourth-order valence-electron chi connectivity index (χ4n) is 7.02. The van der Waals surface area contributed by atoms with Gasteiger partial charge < -0.3 is 20.5 Å². The predicted octanol–water partition coefficient (Wildman–Crippen LogP) is 1.58. The number of fused-ring (bicyclic) bond motifs is 4. The van der Waals surface area contributed by atoms with Crippen LogP contribution in [0, 0.1) is 5.92 Å². The van der Waals surface area contributed by atoms with E-state index in [0.29, 0.717) is 38.0 Å². The molecule has 0 aromatic heterocycles. The Morgan fingerprint density at radius 2 is 1.91 bits per heavy atom. The molecule has 4 N–H and O–H groups in total. The molecular weight excluding hydrogens is 475 g/mol. The SMILES string of the molecule is CC1CCC2NC(C(=O)NC34CCC(NC(=O)COC5CCC(Cl)C(F)C5)(CC3)C(O)C4)CN2C1. The Labute approximate surface area is 212 Å². The number of aliphatic hydroxyl groups excluding tert-OH is 1. The van der Waals surface area contributed by atoms with Crippen LogP contribution in [-0.2, 0) is 14.3 Å². The molecule has 6 fully saturated rings. The number of nitrogens with one attached hydrogen (secondary N) is 3. The molecule has 2 saturated heterocycles. The second-order valence-electron chi connectivity index (χ2n) is 11.8. The Bertz CT molecular complexity index is 810. The number of hydrogen-bond donors (Lipinski definition) is 4. The number of halogens is 2. The van der Waals surface area contributed by atoms with Crippen LogP contribution in [0.25, 0.3) is 0 Å². The number of ether oxygens (including phenoxy) is 1. The smallest absolute Gasteiger partial charge is 0.246 e. The molecule has 198 valence electrons. The first-order valence-electron chi connectivity index (χ1n) is 13.4. The van der Waals surface area contributed by atoms with Crippen LogP contribution in [0.15, 0.2) is 0 Å². The van der Waals surface area contributed by atoms with E-state index in [1.165, 1.54) is 6.42 Å². The van der Waals surface area contributed by atoms with Gasteiger partial charge in [-0.2, -0.15) is 0 Å². The van der Waals surface area contributed by atoms with Crippen molar-refractivity contribution >= 4 is 23.4 Å². The maximum atomic E-state index is 13.8. The fraction of sp³-hybridized carbons (Fsp3) is 0.920. The van der Waals surface area contributed by atoms with Crippen LogP contribution in [0.2, 0.25) is 0 Å². The minimum absolute atomic E-state index is 0.0175. The minimum Gasteiger partial charge on any atom is -0.391 e. The molecule has 2 aliphatic heterocycles. The highest BCUT2D eigenvalue weighted by atomic mass is 35.5. The van der Waals surface area contributed by atoms with E-state index in [1.807, 2.05) is 0 Å². The number of amides is 2. The van der Waals surface area contributed by atoms with Gasteiger partial charge in [0, 0.05) is 25.0 Å². The van der Waals surface area contributed by atoms with Crippen molar-refractivity contribution in [3.05, 3.63) is 0 Å². The third kappa shape index (κ3) is 5.35. The zero-order valence-electron chi connectivity index (χ0n) is 20.6. The Balaban J connectivity index is 1.10. The average Bonchev–Trinajstić information content (AvgIpc) is 3.24. The second kappa shape index (κ2) is 10.0. The molecule has 2 heterocycles. The van der Waals surface area contributed by atoms with Crippen molar-refractivity contribution in [1.82, 2.24) is 20.9 Å². The zero-order chi connectivity index (χ0) is 24.8. The maximum absolute atomic E-state index is 13.8. The Hall–Kier alpha value is -1.00. The first-order chi connectivity index (χ1) is 16.7. The minimum atomic E-state index is -1.11. The lowest BCUT2D eigenvalue weighted by Crippen LogP contribution is -2.71. The number of hydrogen-bond acceptors (Lipinski definition) is 6. The van der Waals surface area contributed by atoms with Crippen molar-refractivity contribution in [2.45, 2.75) is 118 Å². The molecule has 0 spiro atoms. The van der Waals surface area contributed by atoms with E-state index in [4.69, 9.17) is 16.3 Å². The van der Waals surface area contributed by atoms with E-state index >= 15 is 0 Å². The summed E-state index contributed by atoms with van der Waals surface area (Å²) in [6, 6.07) is -0.222. The Morgan fingerprint density at radius 1 is 1.14 bits per heavy atom. The van der Waals surface area contributed by atoms with Gasteiger partial charge in [0.2, 0.25) is 11.8 Å². The molecule has 6 rings (SSSR count). The summed E-state index contributed by atoms with van der Waals surface area (Å²) in [6.45, 7) is 3.87. The van der Waals surface area contributed by atoms with Crippen molar-refractivity contribution in [3.8, 4) is 0 Å².